The summed E-state index contributed by atoms with van der Waals surface area (Å²) < 4.78 is 23.5. The number of nitrogens with two attached hydrogens (primary N) is 1. The summed E-state index contributed by atoms with van der Waals surface area (Å²) >= 11 is 0. The van der Waals surface area contributed by atoms with Crippen LogP contribution in [0, 0.1) is 0 Å². The highest BCUT2D eigenvalue weighted by Gasteiger charge is 2.27. The Hall–Kier alpha value is -1.60. The molecule has 1 aliphatic heterocycles. The van der Waals surface area contributed by atoms with Crippen LogP contribution in [0.3, 0.4) is 0 Å². The quantitative estimate of drug-likeness (QED) is 0.759. The second-order valence-electron chi connectivity index (χ2n) is 3.52. The van der Waals surface area contributed by atoms with Gasteiger partial charge in [0.25, 0.3) is 10.2 Å². The molecule has 1 aliphatic rings. The lowest BCUT2D eigenvalue weighted by molar-refractivity contribution is 0.0697. The first-order valence-corrected chi connectivity index (χ1v) is 6.06. The number of carbonyl (C=O) groups is 1. The number of carboxylic acid groups (broad SMARTS) is 1. The number of aromatic carboxylic acids is 1. The van der Waals surface area contributed by atoms with Crippen LogP contribution in [0.4, 0.5) is 5.69 Å². The third-order valence-electron chi connectivity index (χ3n) is 2.49. The summed E-state index contributed by atoms with van der Waals surface area (Å²) in [6, 6.07) is 4.40. The van der Waals surface area contributed by atoms with Crippen LogP contribution in [0.5, 0.6) is 0 Å². The average Bonchev–Trinajstić information content (AvgIpc) is 2.58. The number of fused-ring (bicyclic) bond motifs is 1. The molecular weight excluding hydrogens is 232 g/mol. The molecule has 1 aromatic carbocycles. The summed E-state index contributed by atoms with van der Waals surface area (Å²) in [5.41, 5.74) is 1.20. The molecule has 0 saturated carbocycles. The van der Waals surface area contributed by atoms with E-state index in [-0.39, 0.29) is 12.1 Å². The first-order chi connectivity index (χ1) is 7.39. The van der Waals surface area contributed by atoms with Gasteiger partial charge in [-0.2, -0.15) is 8.42 Å². The average molecular weight is 242 g/mol. The van der Waals surface area contributed by atoms with E-state index >= 15 is 0 Å². The molecule has 0 radical (unpaired) electrons. The highest BCUT2D eigenvalue weighted by atomic mass is 32.2. The molecule has 3 N–H and O–H groups in total. The molecule has 0 fully saturated rings. The molecule has 0 aromatic heterocycles. The number of benzene rings is 1. The van der Waals surface area contributed by atoms with Crippen molar-refractivity contribution < 1.29 is 18.3 Å². The first kappa shape index (κ1) is 10.9. The van der Waals surface area contributed by atoms with E-state index in [2.05, 4.69) is 0 Å². The van der Waals surface area contributed by atoms with E-state index in [4.69, 9.17) is 10.2 Å². The molecule has 86 valence electrons. The van der Waals surface area contributed by atoms with Crippen LogP contribution < -0.4 is 9.44 Å². The van der Waals surface area contributed by atoms with E-state index < -0.39 is 16.2 Å². The lowest BCUT2D eigenvalue weighted by atomic mass is 10.1. The van der Waals surface area contributed by atoms with Crippen molar-refractivity contribution in [3.05, 3.63) is 29.3 Å². The maximum absolute atomic E-state index is 11.2. The van der Waals surface area contributed by atoms with Crippen LogP contribution in [0.1, 0.15) is 15.9 Å². The van der Waals surface area contributed by atoms with Gasteiger partial charge in [0.2, 0.25) is 0 Å². The van der Waals surface area contributed by atoms with Gasteiger partial charge in [-0.3, -0.25) is 4.31 Å². The number of rotatable bonds is 2. The smallest absolute Gasteiger partial charge is 0.335 e. The molecule has 7 heteroatoms. The van der Waals surface area contributed by atoms with Gasteiger partial charge in [0.1, 0.15) is 0 Å². The van der Waals surface area contributed by atoms with Crippen LogP contribution in [-0.2, 0) is 16.6 Å². The molecule has 0 aliphatic carbocycles. The molecule has 0 unspecified atom stereocenters. The zero-order valence-corrected chi connectivity index (χ0v) is 9.07. The summed E-state index contributed by atoms with van der Waals surface area (Å²) in [4.78, 5) is 10.8. The second-order valence-corrected chi connectivity index (χ2v) is 4.99. The van der Waals surface area contributed by atoms with E-state index in [0.717, 1.165) is 9.87 Å². The molecule has 1 aromatic rings. The van der Waals surface area contributed by atoms with E-state index in [1.54, 1.807) is 6.07 Å². The standard InChI is InChI=1S/C9H10N2O4S/c10-16(14,15)11-4-3-6-1-2-7(9(12)13)5-8(6)11/h1-2,5H,3-4H2,(H,12,13)(H2,10,14,15). The predicted molar refractivity (Wildman–Crippen MR) is 57.6 cm³/mol. The van der Waals surface area contributed by atoms with Gasteiger partial charge in [-0.1, -0.05) is 6.07 Å². The fraction of sp³-hybridized carbons (Fsp3) is 0.222. The van der Waals surface area contributed by atoms with Crippen LogP contribution in [0.2, 0.25) is 0 Å². The van der Waals surface area contributed by atoms with E-state index in [1.165, 1.54) is 12.1 Å². The largest absolute Gasteiger partial charge is 0.478 e. The summed E-state index contributed by atoms with van der Waals surface area (Å²) in [5, 5.41) is 13.8. The van der Waals surface area contributed by atoms with Gasteiger partial charge in [-0.15, -0.1) is 0 Å². The van der Waals surface area contributed by atoms with Gasteiger partial charge >= 0.3 is 5.97 Å². The van der Waals surface area contributed by atoms with Crippen molar-refractivity contribution in [2.75, 3.05) is 10.8 Å². The lowest BCUT2D eigenvalue weighted by Crippen LogP contribution is -2.35. The summed E-state index contributed by atoms with van der Waals surface area (Å²) in [6.45, 7) is 0.261. The summed E-state index contributed by atoms with van der Waals surface area (Å²) in [7, 11) is -3.82. The SMILES string of the molecule is NS(=O)(=O)N1CCc2ccc(C(=O)O)cc21. The monoisotopic (exact) mass is 242 g/mol. The van der Waals surface area contributed by atoms with Crippen LogP contribution >= 0.6 is 0 Å². The number of hydrogen-bond donors (Lipinski definition) is 2. The van der Waals surface area contributed by atoms with Gasteiger partial charge in [0, 0.05) is 6.54 Å². The molecule has 0 amide bonds. The Kier molecular flexibility index (Phi) is 2.36. The minimum atomic E-state index is -3.82. The van der Waals surface area contributed by atoms with Crippen LogP contribution in [-0.4, -0.2) is 26.0 Å². The number of anilines is 1. The van der Waals surface area contributed by atoms with Gasteiger partial charge in [-0.25, -0.2) is 9.93 Å². The highest BCUT2D eigenvalue weighted by molar-refractivity contribution is 7.90. The molecule has 2 rings (SSSR count). The summed E-state index contributed by atoms with van der Waals surface area (Å²) in [6.07, 6.45) is 0.547. The van der Waals surface area contributed by atoms with Gasteiger partial charge in [0.05, 0.1) is 11.3 Å². The molecule has 0 saturated heterocycles. The van der Waals surface area contributed by atoms with E-state index in [0.29, 0.717) is 12.1 Å². The highest BCUT2D eigenvalue weighted by Crippen LogP contribution is 2.30. The summed E-state index contributed by atoms with van der Waals surface area (Å²) in [5.74, 6) is -1.09. The minimum Gasteiger partial charge on any atom is -0.478 e. The fourth-order valence-electron chi connectivity index (χ4n) is 1.75. The number of hydrogen-bond acceptors (Lipinski definition) is 3. The molecule has 0 spiro atoms. The minimum absolute atomic E-state index is 0.0503. The third kappa shape index (κ3) is 1.74. The first-order valence-electron chi connectivity index (χ1n) is 4.56. The Balaban J connectivity index is 2.53. The Morgan fingerprint density at radius 1 is 1.44 bits per heavy atom. The zero-order valence-electron chi connectivity index (χ0n) is 8.25. The Labute approximate surface area is 92.5 Å². The molecular formula is C9H10N2O4S. The Morgan fingerprint density at radius 2 is 2.12 bits per heavy atom. The maximum Gasteiger partial charge on any atom is 0.335 e. The van der Waals surface area contributed by atoms with Crippen LogP contribution in [0.25, 0.3) is 0 Å². The third-order valence-corrected chi connectivity index (χ3v) is 3.49. The molecule has 16 heavy (non-hydrogen) atoms. The van der Waals surface area contributed by atoms with Crippen LogP contribution in [0.15, 0.2) is 18.2 Å². The molecule has 1 heterocycles. The normalized spacial score (nSPS) is 14.9. The Bertz CT molecular complexity index is 553. The molecule has 0 bridgehead atoms. The Morgan fingerprint density at radius 3 is 2.69 bits per heavy atom. The van der Waals surface area contributed by atoms with Crippen molar-refractivity contribution in [3.63, 3.8) is 0 Å². The zero-order chi connectivity index (χ0) is 11.9. The lowest BCUT2D eigenvalue weighted by Gasteiger charge is -2.15. The van der Waals surface area contributed by atoms with E-state index in [9.17, 15) is 13.2 Å². The van der Waals surface area contributed by atoms with Crippen molar-refractivity contribution in [1.82, 2.24) is 0 Å². The van der Waals surface area contributed by atoms with Crippen molar-refractivity contribution in [2.45, 2.75) is 6.42 Å². The second kappa shape index (κ2) is 3.46. The van der Waals surface area contributed by atoms with Crippen molar-refractivity contribution in [2.24, 2.45) is 5.14 Å². The van der Waals surface area contributed by atoms with Crippen molar-refractivity contribution in [3.8, 4) is 0 Å². The van der Waals surface area contributed by atoms with Gasteiger partial charge < -0.3 is 5.11 Å². The number of nitrogens with zero attached hydrogens (tertiary/aromatic N) is 1. The van der Waals surface area contributed by atoms with Crippen molar-refractivity contribution >= 4 is 21.9 Å². The number of carboxylic acids is 1. The van der Waals surface area contributed by atoms with Gasteiger partial charge in [-0.05, 0) is 24.1 Å². The van der Waals surface area contributed by atoms with Gasteiger partial charge in [0.15, 0.2) is 0 Å². The molecule has 0 atom stereocenters. The van der Waals surface area contributed by atoms with E-state index in [1.807, 2.05) is 0 Å². The topological polar surface area (TPSA) is 101 Å². The molecule has 6 nitrogen and oxygen atoms in total. The van der Waals surface area contributed by atoms with Crippen molar-refractivity contribution in [1.29, 1.82) is 0 Å². The predicted octanol–water partition coefficient (Wildman–Crippen LogP) is -0.0492. The maximum atomic E-state index is 11.2. The fourth-order valence-corrected chi connectivity index (χ4v) is 2.54.